The molecule has 0 spiro atoms. The third kappa shape index (κ3) is 2.75. The minimum atomic E-state index is -1.15. The second-order valence-electron chi connectivity index (χ2n) is 3.43. The first-order chi connectivity index (χ1) is 8.18. The zero-order valence-corrected chi connectivity index (χ0v) is 10.00. The van der Waals surface area contributed by atoms with Gasteiger partial charge in [-0.1, -0.05) is 12.1 Å². The van der Waals surface area contributed by atoms with Gasteiger partial charge < -0.3 is 9.87 Å². The number of hydrogen-bond acceptors (Lipinski definition) is 3. The van der Waals surface area contributed by atoms with Crippen molar-refractivity contribution in [1.29, 1.82) is 0 Å². The number of para-hydroxylation sites is 1. The average Bonchev–Trinajstić information content (AvgIpc) is 2.32. The molecule has 17 heavy (non-hydrogen) atoms. The number of hydrogen-bond donors (Lipinski definition) is 1. The number of nitrogens with zero attached hydrogens (tertiary/aromatic N) is 1. The lowest BCUT2D eigenvalue weighted by Gasteiger charge is -2.11. The fourth-order valence-corrected chi connectivity index (χ4v) is 2.10. The minimum Gasteiger partial charge on any atom is -0.612 e. The summed E-state index contributed by atoms with van der Waals surface area (Å²) < 4.78 is 24.9. The molecule has 1 aromatic heterocycles. The van der Waals surface area contributed by atoms with Crippen LogP contribution >= 0.6 is 0 Å². The molecule has 0 saturated heterocycles. The third-order valence-corrected chi connectivity index (χ3v) is 3.21. The van der Waals surface area contributed by atoms with E-state index in [4.69, 9.17) is 0 Å². The van der Waals surface area contributed by atoms with Crippen LogP contribution in [-0.4, -0.2) is 15.8 Å². The molecule has 2 aromatic rings. The van der Waals surface area contributed by atoms with Crippen LogP contribution in [0.25, 0.3) is 0 Å². The van der Waals surface area contributed by atoms with Gasteiger partial charge in [0.1, 0.15) is 17.8 Å². The van der Waals surface area contributed by atoms with Crippen LogP contribution in [-0.2, 0) is 11.2 Å². The molecule has 1 heterocycles. The van der Waals surface area contributed by atoms with Crippen LogP contribution in [0.5, 0.6) is 0 Å². The number of aromatic nitrogens is 1. The molecular weight excluding hydrogens is 239 g/mol. The van der Waals surface area contributed by atoms with Crippen LogP contribution in [0, 0.1) is 5.82 Å². The molecule has 2 rings (SSSR count). The molecule has 1 N–H and O–H groups in total. The van der Waals surface area contributed by atoms with E-state index in [1.807, 2.05) is 0 Å². The highest BCUT2D eigenvalue weighted by Gasteiger charge is 2.12. The van der Waals surface area contributed by atoms with Crippen molar-refractivity contribution in [2.75, 3.05) is 11.6 Å². The summed E-state index contributed by atoms with van der Waals surface area (Å²) in [5, 5.41) is 2.89. The van der Waals surface area contributed by atoms with Gasteiger partial charge in [0, 0.05) is 12.3 Å². The molecule has 0 amide bonds. The highest BCUT2D eigenvalue weighted by molar-refractivity contribution is 7.90. The van der Waals surface area contributed by atoms with Gasteiger partial charge in [-0.25, -0.2) is 4.39 Å². The zero-order valence-electron chi connectivity index (χ0n) is 9.18. The molecule has 0 aliphatic rings. The first kappa shape index (κ1) is 11.9. The molecule has 0 aliphatic carbocycles. The summed E-state index contributed by atoms with van der Waals surface area (Å²) in [5.41, 5.74) is 0.894. The minimum absolute atomic E-state index is 0.340. The first-order valence-corrected chi connectivity index (χ1v) is 6.53. The predicted molar refractivity (Wildman–Crippen MR) is 66.3 cm³/mol. The maximum atomic E-state index is 13.4. The van der Waals surface area contributed by atoms with Crippen LogP contribution in [0.1, 0.15) is 0 Å². The first-order valence-electron chi connectivity index (χ1n) is 4.97. The summed E-state index contributed by atoms with van der Waals surface area (Å²) in [4.78, 5) is 4.53. The van der Waals surface area contributed by atoms with Gasteiger partial charge in [-0.15, -0.1) is 0 Å². The standard InChI is InChI=1S/C12H11FN2OS/c1-17(16)12-6-7-14-8-11(12)15-10-5-3-2-4-9(10)13/h2-8,15H,1H3. The van der Waals surface area contributed by atoms with E-state index in [0.717, 1.165) is 0 Å². The summed E-state index contributed by atoms with van der Waals surface area (Å²) in [6.07, 6.45) is 4.66. The van der Waals surface area contributed by atoms with E-state index in [9.17, 15) is 8.94 Å². The van der Waals surface area contributed by atoms with Crippen LogP contribution < -0.4 is 5.32 Å². The van der Waals surface area contributed by atoms with Gasteiger partial charge in [-0.05, 0) is 23.3 Å². The number of anilines is 2. The van der Waals surface area contributed by atoms with Gasteiger partial charge in [0.15, 0.2) is 4.90 Å². The second kappa shape index (κ2) is 5.16. The smallest absolute Gasteiger partial charge is 0.179 e. The van der Waals surface area contributed by atoms with E-state index < -0.39 is 11.2 Å². The van der Waals surface area contributed by atoms with Gasteiger partial charge in [-0.3, -0.25) is 4.98 Å². The van der Waals surface area contributed by atoms with Crippen molar-refractivity contribution in [2.24, 2.45) is 0 Å². The number of benzene rings is 1. The molecule has 0 saturated carbocycles. The normalized spacial score (nSPS) is 12.2. The molecular formula is C12H11FN2OS. The molecule has 88 valence electrons. The fourth-order valence-electron chi connectivity index (χ4n) is 1.43. The topological polar surface area (TPSA) is 48.0 Å². The predicted octanol–water partition coefficient (Wildman–Crippen LogP) is 2.70. The van der Waals surface area contributed by atoms with Crippen molar-refractivity contribution in [3.8, 4) is 0 Å². The van der Waals surface area contributed by atoms with Crippen molar-refractivity contribution < 1.29 is 8.94 Å². The van der Waals surface area contributed by atoms with Crippen LogP contribution in [0.3, 0.4) is 0 Å². The zero-order chi connectivity index (χ0) is 12.3. The molecule has 5 heteroatoms. The lowest BCUT2D eigenvalue weighted by Crippen LogP contribution is -2.04. The molecule has 0 fully saturated rings. The van der Waals surface area contributed by atoms with E-state index in [1.165, 1.54) is 12.3 Å². The second-order valence-corrected chi connectivity index (χ2v) is 4.78. The van der Waals surface area contributed by atoms with E-state index in [-0.39, 0.29) is 5.82 Å². The number of halogens is 1. The van der Waals surface area contributed by atoms with Crippen LogP contribution in [0.15, 0.2) is 47.6 Å². The molecule has 0 aliphatic heterocycles. The maximum Gasteiger partial charge on any atom is 0.179 e. The molecule has 0 bridgehead atoms. The maximum absolute atomic E-state index is 13.4. The van der Waals surface area contributed by atoms with Crippen LogP contribution in [0.4, 0.5) is 15.8 Å². The van der Waals surface area contributed by atoms with Gasteiger partial charge in [0.2, 0.25) is 0 Å². The number of nitrogens with one attached hydrogen (secondary N) is 1. The number of rotatable bonds is 3. The molecule has 1 unspecified atom stereocenters. The monoisotopic (exact) mass is 250 g/mol. The lowest BCUT2D eigenvalue weighted by molar-refractivity contribution is 0.601. The fraction of sp³-hybridized carbons (Fsp3) is 0.0833. The highest BCUT2D eigenvalue weighted by atomic mass is 32.2. The molecule has 0 radical (unpaired) electrons. The quantitative estimate of drug-likeness (QED) is 0.852. The Balaban J connectivity index is 2.34. The molecule has 1 aromatic carbocycles. The SMILES string of the molecule is C[S+]([O-])c1ccncc1Nc1ccccc1F. The number of pyridine rings is 1. The summed E-state index contributed by atoms with van der Waals surface area (Å²) in [6, 6.07) is 7.97. The van der Waals surface area contributed by atoms with Gasteiger partial charge in [-0.2, -0.15) is 0 Å². The van der Waals surface area contributed by atoms with Gasteiger partial charge >= 0.3 is 0 Å². The summed E-state index contributed by atoms with van der Waals surface area (Å²) >= 11 is -1.15. The van der Waals surface area contributed by atoms with Gasteiger partial charge in [0.05, 0.1) is 11.9 Å². The van der Waals surface area contributed by atoms with Crippen molar-refractivity contribution in [3.05, 3.63) is 48.5 Å². The van der Waals surface area contributed by atoms with Crippen molar-refractivity contribution in [3.63, 3.8) is 0 Å². The Bertz CT molecular complexity index is 519. The summed E-state index contributed by atoms with van der Waals surface area (Å²) in [7, 11) is 0. The Morgan fingerprint density at radius 3 is 2.71 bits per heavy atom. The molecule has 3 nitrogen and oxygen atoms in total. The Labute approximate surface area is 102 Å². The Hall–Kier alpha value is -1.59. The van der Waals surface area contributed by atoms with Crippen molar-refractivity contribution in [2.45, 2.75) is 4.90 Å². The van der Waals surface area contributed by atoms with Crippen molar-refractivity contribution >= 4 is 22.6 Å². The highest BCUT2D eigenvalue weighted by Crippen LogP contribution is 2.24. The largest absolute Gasteiger partial charge is 0.612 e. The Morgan fingerprint density at radius 2 is 2.00 bits per heavy atom. The van der Waals surface area contributed by atoms with Crippen LogP contribution in [0.2, 0.25) is 0 Å². The Morgan fingerprint density at radius 1 is 1.24 bits per heavy atom. The van der Waals surface area contributed by atoms with Crippen molar-refractivity contribution in [1.82, 2.24) is 4.98 Å². The van der Waals surface area contributed by atoms with E-state index >= 15 is 0 Å². The Kier molecular flexibility index (Phi) is 3.61. The lowest BCUT2D eigenvalue weighted by atomic mass is 10.3. The molecule has 1 atom stereocenters. The average molecular weight is 250 g/mol. The third-order valence-electron chi connectivity index (χ3n) is 2.23. The van der Waals surface area contributed by atoms with E-state index in [2.05, 4.69) is 10.3 Å². The van der Waals surface area contributed by atoms with Gasteiger partial charge in [0.25, 0.3) is 0 Å². The summed E-state index contributed by atoms with van der Waals surface area (Å²) in [6.45, 7) is 0. The summed E-state index contributed by atoms with van der Waals surface area (Å²) in [5.74, 6) is -0.357. The van der Waals surface area contributed by atoms with E-state index in [1.54, 1.807) is 36.7 Å². The van der Waals surface area contributed by atoms with E-state index in [0.29, 0.717) is 16.3 Å².